The zero-order valence-corrected chi connectivity index (χ0v) is 13.3. The fourth-order valence-corrected chi connectivity index (χ4v) is 3.01. The molecule has 7 heteroatoms. The van der Waals surface area contributed by atoms with Crippen molar-refractivity contribution in [3.8, 4) is 0 Å². The summed E-state index contributed by atoms with van der Waals surface area (Å²) in [6, 6.07) is 2.58. The summed E-state index contributed by atoms with van der Waals surface area (Å²) < 4.78 is 34.1. The minimum Gasteiger partial charge on any atom is -0.381 e. The van der Waals surface area contributed by atoms with E-state index in [2.05, 4.69) is 10.3 Å². The Balaban J connectivity index is 1.85. The van der Waals surface area contributed by atoms with E-state index in [0.717, 1.165) is 25.0 Å². The summed E-state index contributed by atoms with van der Waals surface area (Å²) in [4.78, 5) is 16.8. The van der Waals surface area contributed by atoms with Gasteiger partial charge in [0.25, 0.3) is 5.91 Å². The third kappa shape index (κ3) is 3.46. The number of imidazole rings is 1. The second-order valence-corrected chi connectivity index (χ2v) is 5.92. The minimum atomic E-state index is -0.877. The second kappa shape index (κ2) is 7.09. The van der Waals surface area contributed by atoms with Gasteiger partial charge in [0.05, 0.1) is 11.6 Å². The topological polar surface area (TPSA) is 56.2 Å². The maximum atomic E-state index is 13.9. The Morgan fingerprint density at radius 3 is 2.75 bits per heavy atom. The standard InChI is InChI=1S/C17H19F2N3O2/c1-22-7-6-20-16(22)15(11-4-8-24-9-5-11)21-17(23)13-3-2-12(18)10-14(13)19/h2-3,6-7,10-11,15H,4-5,8-9H2,1H3,(H,21,23)/t15-/m0/s1. The van der Waals surface area contributed by atoms with Crippen LogP contribution in [0.2, 0.25) is 0 Å². The highest BCUT2D eigenvalue weighted by Gasteiger charge is 2.30. The van der Waals surface area contributed by atoms with E-state index in [0.29, 0.717) is 25.1 Å². The first kappa shape index (κ1) is 16.6. The normalized spacial score (nSPS) is 16.8. The molecule has 128 valence electrons. The number of halogens is 2. The van der Waals surface area contributed by atoms with Gasteiger partial charge in [-0.15, -0.1) is 0 Å². The molecule has 0 spiro atoms. The maximum absolute atomic E-state index is 13.9. The first-order valence-corrected chi connectivity index (χ1v) is 7.87. The molecule has 2 heterocycles. The van der Waals surface area contributed by atoms with Crippen LogP contribution in [0.5, 0.6) is 0 Å². The molecular weight excluding hydrogens is 316 g/mol. The van der Waals surface area contributed by atoms with Gasteiger partial charge in [-0.3, -0.25) is 4.79 Å². The highest BCUT2D eigenvalue weighted by atomic mass is 19.1. The average molecular weight is 335 g/mol. The van der Waals surface area contributed by atoms with Crippen LogP contribution in [0.4, 0.5) is 8.78 Å². The summed E-state index contributed by atoms with van der Waals surface area (Å²) in [7, 11) is 1.85. The number of rotatable bonds is 4. The SMILES string of the molecule is Cn1ccnc1[C@@H](NC(=O)c1ccc(F)cc1F)C1CCOCC1. The van der Waals surface area contributed by atoms with Crippen molar-refractivity contribution in [2.75, 3.05) is 13.2 Å². The number of ether oxygens (including phenoxy) is 1. The summed E-state index contributed by atoms with van der Waals surface area (Å²) in [5, 5.41) is 2.87. The smallest absolute Gasteiger partial charge is 0.254 e. The van der Waals surface area contributed by atoms with Crippen molar-refractivity contribution in [1.29, 1.82) is 0 Å². The molecule has 0 radical (unpaired) electrons. The van der Waals surface area contributed by atoms with Gasteiger partial charge >= 0.3 is 0 Å². The van der Waals surface area contributed by atoms with E-state index in [-0.39, 0.29) is 17.5 Å². The summed E-state index contributed by atoms with van der Waals surface area (Å²) in [5.41, 5.74) is -0.178. The number of hydrogen-bond acceptors (Lipinski definition) is 3. The van der Waals surface area contributed by atoms with E-state index in [9.17, 15) is 13.6 Å². The van der Waals surface area contributed by atoms with E-state index in [1.165, 1.54) is 0 Å². The number of nitrogens with zero attached hydrogens (tertiary/aromatic N) is 2. The number of aryl methyl sites for hydroxylation is 1. The molecule has 0 saturated carbocycles. The lowest BCUT2D eigenvalue weighted by molar-refractivity contribution is 0.0498. The third-order valence-electron chi connectivity index (χ3n) is 4.34. The predicted octanol–water partition coefficient (Wildman–Crippen LogP) is 2.60. The Hall–Kier alpha value is -2.28. The lowest BCUT2D eigenvalue weighted by Gasteiger charge is -2.30. The van der Waals surface area contributed by atoms with Gasteiger partial charge in [-0.1, -0.05) is 0 Å². The van der Waals surface area contributed by atoms with Crippen molar-refractivity contribution in [3.05, 3.63) is 53.6 Å². The fraction of sp³-hybridized carbons (Fsp3) is 0.412. The average Bonchev–Trinajstić information content (AvgIpc) is 2.99. The van der Waals surface area contributed by atoms with E-state index >= 15 is 0 Å². The molecular formula is C17H19F2N3O2. The van der Waals surface area contributed by atoms with Gasteiger partial charge < -0.3 is 14.6 Å². The largest absolute Gasteiger partial charge is 0.381 e. The monoisotopic (exact) mass is 335 g/mol. The van der Waals surface area contributed by atoms with Gasteiger partial charge in [0.2, 0.25) is 0 Å². The van der Waals surface area contributed by atoms with Gasteiger partial charge in [0.15, 0.2) is 0 Å². The molecule has 0 bridgehead atoms. The lowest BCUT2D eigenvalue weighted by Crippen LogP contribution is -2.37. The minimum absolute atomic E-state index is 0.146. The highest BCUT2D eigenvalue weighted by Crippen LogP contribution is 2.29. The van der Waals surface area contributed by atoms with Crippen molar-refractivity contribution >= 4 is 5.91 Å². The number of carbonyl (C=O) groups is 1. The summed E-state index contributed by atoms with van der Waals surface area (Å²) in [5.74, 6) is -1.32. The van der Waals surface area contributed by atoms with E-state index in [1.54, 1.807) is 12.4 Å². The van der Waals surface area contributed by atoms with Crippen LogP contribution in [0.3, 0.4) is 0 Å². The van der Waals surface area contributed by atoms with Gasteiger partial charge in [-0.25, -0.2) is 13.8 Å². The zero-order chi connectivity index (χ0) is 17.1. The number of nitrogens with one attached hydrogen (secondary N) is 1. The van der Waals surface area contributed by atoms with Crippen LogP contribution < -0.4 is 5.32 Å². The molecule has 1 saturated heterocycles. The van der Waals surface area contributed by atoms with Crippen molar-refractivity contribution in [2.45, 2.75) is 18.9 Å². The number of carbonyl (C=O) groups excluding carboxylic acids is 1. The first-order valence-electron chi connectivity index (χ1n) is 7.87. The predicted molar refractivity (Wildman–Crippen MR) is 83.3 cm³/mol. The van der Waals surface area contributed by atoms with Gasteiger partial charge in [0.1, 0.15) is 17.5 Å². The van der Waals surface area contributed by atoms with Crippen LogP contribution in [0.1, 0.15) is 35.1 Å². The third-order valence-corrected chi connectivity index (χ3v) is 4.34. The molecule has 3 rings (SSSR count). The Kier molecular flexibility index (Phi) is 4.89. The van der Waals surface area contributed by atoms with Gasteiger partial charge in [-0.05, 0) is 30.9 Å². The van der Waals surface area contributed by atoms with Crippen LogP contribution in [0.25, 0.3) is 0 Å². The Morgan fingerprint density at radius 1 is 1.38 bits per heavy atom. The molecule has 1 aromatic heterocycles. The molecule has 5 nitrogen and oxygen atoms in total. The molecule has 1 atom stereocenters. The summed E-state index contributed by atoms with van der Waals surface area (Å²) in [6.45, 7) is 1.23. The van der Waals surface area contributed by atoms with Crippen LogP contribution in [-0.4, -0.2) is 28.7 Å². The number of hydrogen-bond donors (Lipinski definition) is 1. The quantitative estimate of drug-likeness (QED) is 0.934. The van der Waals surface area contributed by atoms with Crippen LogP contribution in [0, 0.1) is 17.6 Å². The molecule has 1 aromatic carbocycles. The van der Waals surface area contributed by atoms with Crippen molar-refractivity contribution in [2.24, 2.45) is 13.0 Å². The van der Waals surface area contributed by atoms with Crippen LogP contribution in [0.15, 0.2) is 30.6 Å². The Labute approximate surface area is 138 Å². The molecule has 24 heavy (non-hydrogen) atoms. The fourth-order valence-electron chi connectivity index (χ4n) is 3.01. The molecule has 2 aromatic rings. The molecule has 0 aliphatic carbocycles. The number of amides is 1. The second-order valence-electron chi connectivity index (χ2n) is 5.92. The lowest BCUT2D eigenvalue weighted by atomic mass is 9.90. The van der Waals surface area contributed by atoms with Gasteiger partial charge in [-0.2, -0.15) is 0 Å². The van der Waals surface area contributed by atoms with Crippen LogP contribution in [-0.2, 0) is 11.8 Å². The zero-order valence-electron chi connectivity index (χ0n) is 13.3. The molecule has 0 unspecified atom stereocenters. The highest BCUT2D eigenvalue weighted by molar-refractivity contribution is 5.94. The van der Waals surface area contributed by atoms with Crippen molar-refractivity contribution in [3.63, 3.8) is 0 Å². The molecule has 1 fully saturated rings. The molecule has 1 N–H and O–H groups in total. The maximum Gasteiger partial charge on any atom is 0.254 e. The summed E-state index contributed by atoms with van der Waals surface area (Å²) >= 11 is 0. The number of aromatic nitrogens is 2. The summed E-state index contributed by atoms with van der Waals surface area (Å²) in [6.07, 6.45) is 5.02. The van der Waals surface area contributed by atoms with E-state index < -0.39 is 17.5 Å². The van der Waals surface area contributed by atoms with E-state index in [4.69, 9.17) is 4.74 Å². The van der Waals surface area contributed by atoms with Crippen LogP contribution >= 0.6 is 0 Å². The van der Waals surface area contributed by atoms with E-state index in [1.807, 2.05) is 11.6 Å². The Bertz CT molecular complexity index is 726. The first-order chi connectivity index (χ1) is 11.6. The molecule has 1 amide bonds. The Morgan fingerprint density at radius 2 is 2.12 bits per heavy atom. The van der Waals surface area contributed by atoms with Gasteiger partial charge in [0, 0.05) is 38.7 Å². The van der Waals surface area contributed by atoms with Crippen molar-refractivity contribution < 1.29 is 18.3 Å². The molecule has 1 aliphatic rings. The molecule has 1 aliphatic heterocycles. The number of benzene rings is 1. The van der Waals surface area contributed by atoms with Crippen molar-refractivity contribution in [1.82, 2.24) is 14.9 Å².